The average Bonchev–Trinajstić information content (AvgIpc) is 2.63. The van der Waals surface area contributed by atoms with E-state index in [0.29, 0.717) is 12.8 Å². The zero-order chi connectivity index (χ0) is 18.6. The quantitative estimate of drug-likeness (QED) is 0.566. The van der Waals surface area contributed by atoms with Gasteiger partial charge in [-0.15, -0.1) is 0 Å². The molecule has 0 saturated heterocycles. The third kappa shape index (κ3) is 3.60. The number of sulfone groups is 1. The summed E-state index contributed by atoms with van der Waals surface area (Å²) in [6.45, 7) is 4.28. The molecule has 140 valence electrons. The summed E-state index contributed by atoms with van der Waals surface area (Å²) in [5, 5.41) is 9.24. The fourth-order valence-corrected chi connectivity index (χ4v) is 6.41. The molecule has 2 rings (SSSR count). The van der Waals surface area contributed by atoms with Gasteiger partial charge in [0.05, 0.1) is 4.90 Å². The average molecular weight is 368 g/mol. The van der Waals surface area contributed by atoms with Crippen LogP contribution in [0, 0.1) is 5.41 Å². The van der Waals surface area contributed by atoms with Crippen LogP contribution in [-0.2, 0) is 14.6 Å². The van der Waals surface area contributed by atoms with Gasteiger partial charge >= 0.3 is 0 Å². The predicted molar refractivity (Wildman–Crippen MR) is 97.0 cm³/mol. The van der Waals surface area contributed by atoms with Crippen LogP contribution in [0.1, 0.15) is 65.2 Å². The van der Waals surface area contributed by atoms with Crippen LogP contribution in [0.25, 0.3) is 0 Å². The number of amides is 1. The van der Waals surface area contributed by atoms with E-state index in [1.54, 1.807) is 23.7 Å². The second-order valence-electron chi connectivity index (χ2n) is 7.25. The molecule has 1 aromatic rings. The molecule has 0 unspecified atom stereocenters. The van der Waals surface area contributed by atoms with E-state index in [9.17, 15) is 18.4 Å². The summed E-state index contributed by atoms with van der Waals surface area (Å²) in [7, 11) is -3.89. The lowest BCUT2D eigenvalue weighted by Crippen LogP contribution is -2.55. The highest BCUT2D eigenvalue weighted by atomic mass is 32.2. The number of benzene rings is 1. The Labute approximate surface area is 150 Å². The monoisotopic (exact) mass is 367 g/mol. The van der Waals surface area contributed by atoms with Crippen molar-refractivity contribution in [3.8, 4) is 0 Å². The molecular formula is C19H29NO4S. The van der Waals surface area contributed by atoms with Gasteiger partial charge in [0.1, 0.15) is 0 Å². The Kier molecular flexibility index (Phi) is 6.27. The lowest BCUT2D eigenvalue weighted by Gasteiger charge is -2.45. The number of carbonyl (C=O) groups excluding carboxylic acids is 1. The molecule has 5 nitrogen and oxygen atoms in total. The molecule has 0 aliphatic heterocycles. The van der Waals surface area contributed by atoms with Crippen molar-refractivity contribution in [2.45, 2.75) is 74.9 Å². The summed E-state index contributed by atoms with van der Waals surface area (Å²) in [4.78, 5) is 12.6. The van der Waals surface area contributed by atoms with Crippen LogP contribution in [0.5, 0.6) is 0 Å². The summed E-state index contributed by atoms with van der Waals surface area (Å²) in [5.41, 5.74) is 1.73. The van der Waals surface area contributed by atoms with Crippen molar-refractivity contribution in [3.05, 3.63) is 30.3 Å². The van der Waals surface area contributed by atoms with Gasteiger partial charge in [0, 0.05) is 0 Å². The first-order chi connectivity index (χ1) is 11.9. The minimum atomic E-state index is -3.89. The molecule has 1 fully saturated rings. The Morgan fingerprint density at radius 3 is 2.00 bits per heavy atom. The topological polar surface area (TPSA) is 83.5 Å². The Balaban J connectivity index is 2.41. The van der Waals surface area contributed by atoms with Gasteiger partial charge in [0.2, 0.25) is 0 Å². The Bertz CT molecular complexity index is 669. The number of rotatable bonds is 7. The van der Waals surface area contributed by atoms with Gasteiger partial charge in [-0.1, -0.05) is 44.9 Å². The maximum Gasteiger partial charge on any atom is 0.265 e. The molecule has 0 atom stereocenters. The summed E-state index contributed by atoms with van der Waals surface area (Å²) < 4.78 is 24.9. The Morgan fingerprint density at radius 2 is 1.56 bits per heavy atom. The molecule has 1 aliphatic carbocycles. The predicted octanol–water partition coefficient (Wildman–Crippen LogP) is 3.87. The van der Waals surface area contributed by atoms with E-state index in [4.69, 9.17) is 0 Å². The lowest BCUT2D eigenvalue weighted by atomic mass is 9.65. The molecule has 1 saturated carbocycles. The molecule has 1 aliphatic rings. The van der Waals surface area contributed by atoms with E-state index in [1.165, 1.54) is 12.1 Å². The van der Waals surface area contributed by atoms with Crippen molar-refractivity contribution >= 4 is 15.7 Å². The van der Waals surface area contributed by atoms with Crippen LogP contribution in [-0.4, -0.2) is 24.3 Å². The fourth-order valence-electron chi connectivity index (χ4n) is 4.41. The molecule has 2 N–H and O–H groups in total. The zero-order valence-corrected chi connectivity index (χ0v) is 15.9. The summed E-state index contributed by atoms with van der Waals surface area (Å²) >= 11 is 0. The number of hydrogen-bond donors (Lipinski definition) is 2. The van der Waals surface area contributed by atoms with Crippen LogP contribution in [0.3, 0.4) is 0 Å². The normalized spacial score (nSPS) is 19.3. The summed E-state index contributed by atoms with van der Waals surface area (Å²) in [6, 6.07) is 8.08. The molecule has 25 heavy (non-hydrogen) atoms. The van der Waals surface area contributed by atoms with Gasteiger partial charge in [0.15, 0.2) is 14.6 Å². The molecular weight excluding hydrogens is 338 g/mol. The van der Waals surface area contributed by atoms with Gasteiger partial charge in [-0.05, 0) is 56.1 Å². The van der Waals surface area contributed by atoms with Crippen LogP contribution in [0.4, 0.5) is 0 Å². The highest BCUT2D eigenvalue weighted by Gasteiger charge is 2.55. The van der Waals surface area contributed by atoms with Crippen LogP contribution < -0.4 is 5.48 Å². The maximum atomic E-state index is 13.3. The number of hydroxylamine groups is 1. The highest BCUT2D eigenvalue weighted by Crippen LogP contribution is 2.50. The standard InChI is InChI=1S/C19H29NO4S/c1-3-10-18(11-4-2)12-14-19(15-13-18,17(21)20-22)25(23,24)16-8-6-5-7-9-16/h5-9,22H,3-4,10-15H2,1-2H3,(H,20,21). The van der Waals surface area contributed by atoms with Crippen LogP contribution in [0.2, 0.25) is 0 Å². The van der Waals surface area contributed by atoms with E-state index in [0.717, 1.165) is 25.7 Å². The van der Waals surface area contributed by atoms with Gasteiger partial charge in [-0.25, -0.2) is 13.9 Å². The lowest BCUT2D eigenvalue weighted by molar-refractivity contribution is -0.133. The van der Waals surface area contributed by atoms with Gasteiger partial charge in [0.25, 0.3) is 5.91 Å². The SMILES string of the molecule is CCCC1(CCC)CCC(C(=O)NO)(S(=O)(=O)c2ccccc2)CC1. The Hall–Kier alpha value is -1.40. The number of hydrogen-bond acceptors (Lipinski definition) is 4. The first kappa shape index (κ1) is 19.9. The van der Waals surface area contributed by atoms with Crippen molar-refractivity contribution in [1.82, 2.24) is 5.48 Å². The molecule has 0 heterocycles. The van der Waals surface area contributed by atoms with Crippen LogP contribution in [0.15, 0.2) is 35.2 Å². The molecule has 0 spiro atoms. The van der Waals surface area contributed by atoms with E-state index in [2.05, 4.69) is 13.8 Å². The second kappa shape index (κ2) is 7.87. The third-order valence-electron chi connectivity index (χ3n) is 5.76. The summed E-state index contributed by atoms with van der Waals surface area (Å²) in [6.07, 6.45) is 6.05. The van der Waals surface area contributed by atoms with Gasteiger partial charge in [-0.2, -0.15) is 0 Å². The van der Waals surface area contributed by atoms with E-state index in [1.807, 2.05) is 0 Å². The summed E-state index contributed by atoms with van der Waals surface area (Å²) in [5.74, 6) is -0.807. The molecule has 1 amide bonds. The molecule has 6 heteroatoms. The zero-order valence-electron chi connectivity index (χ0n) is 15.1. The molecule has 0 radical (unpaired) electrons. The molecule has 0 bridgehead atoms. The van der Waals surface area contributed by atoms with Crippen molar-refractivity contribution < 1.29 is 18.4 Å². The first-order valence-electron chi connectivity index (χ1n) is 9.12. The van der Waals surface area contributed by atoms with Crippen LogP contribution >= 0.6 is 0 Å². The van der Waals surface area contributed by atoms with E-state index in [-0.39, 0.29) is 23.2 Å². The maximum absolute atomic E-state index is 13.3. The third-order valence-corrected chi connectivity index (χ3v) is 8.28. The minimum Gasteiger partial charge on any atom is -0.289 e. The second-order valence-corrected chi connectivity index (χ2v) is 9.51. The van der Waals surface area contributed by atoms with Crippen molar-refractivity contribution in [2.75, 3.05) is 0 Å². The molecule has 0 aromatic heterocycles. The van der Waals surface area contributed by atoms with Crippen molar-refractivity contribution in [1.29, 1.82) is 0 Å². The first-order valence-corrected chi connectivity index (χ1v) is 10.6. The van der Waals surface area contributed by atoms with Crippen molar-refractivity contribution in [2.24, 2.45) is 5.41 Å². The van der Waals surface area contributed by atoms with Gasteiger partial charge < -0.3 is 0 Å². The number of nitrogens with one attached hydrogen (secondary N) is 1. The minimum absolute atomic E-state index is 0.106. The van der Waals surface area contributed by atoms with Gasteiger partial charge in [-0.3, -0.25) is 10.0 Å². The van der Waals surface area contributed by atoms with E-state index >= 15 is 0 Å². The highest BCUT2D eigenvalue weighted by molar-refractivity contribution is 7.93. The van der Waals surface area contributed by atoms with E-state index < -0.39 is 20.5 Å². The fraction of sp³-hybridized carbons (Fsp3) is 0.632. The smallest absolute Gasteiger partial charge is 0.265 e. The Morgan fingerprint density at radius 1 is 1.04 bits per heavy atom. The molecule has 1 aromatic carbocycles. The largest absolute Gasteiger partial charge is 0.289 e. The number of carbonyl (C=O) groups is 1. The van der Waals surface area contributed by atoms with Crippen molar-refractivity contribution in [3.63, 3.8) is 0 Å².